The van der Waals surface area contributed by atoms with E-state index in [1.165, 1.54) is 21.7 Å². The van der Waals surface area contributed by atoms with Crippen LogP contribution in [0.25, 0.3) is 66.6 Å². The van der Waals surface area contributed by atoms with E-state index in [1.54, 1.807) is 0 Å². The van der Waals surface area contributed by atoms with Crippen LogP contribution in [0.5, 0.6) is 0 Å². The zero-order valence-electron chi connectivity index (χ0n) is 22.3. The Balaban J connectivity index is 1.46. The highest BCUT2D eigenvalue weighted by Gasteiger charge is 2.20. The van der Waals surface area contributed by atoms with Crippen LogP contribution in [0.3, 0.4) is 0 Å². The maximum Gasteiger partial charge on any atom is 0.227 e. The van der Waals surface area contributed by atoms with E-state index < -0.39 is 8.07 Å². The number of hydrogen-bond donors (Lipinski definition) is 0. The normalized spacial score (nSPS) is 12.0. The molecule has 0 amide bonds. The average Bonchev–Trinajstić information content (AvgIpc) is 3.35. The van der Waals surface area contributed by atoms with E-state index in [9.17, 15) is 0 Å². The van der Waals surface area contributed by atoms with Crippen molar-refractivity contribution in [3.8, 4) is 33.6 Å². The highest BCUT2D eigenvalue weighted by molar-refractivity contribution is 6.88. The Kier molecular flexibility index (Phi) is 5.46. The highest BCUT2D eigenvalue weighted by Crippen LogP contribution is 2.38. The van der Waals surface area contributed by atoms with Gasteiger partial charge in [0.15, 0.2) is 0 Å². The minimum absolute atomic E-state index is 0.641. The number of aromatic nitrogens is 2. The van der Waals surface area contributed by atoms with Crippen molar-refractivity contribution in [3.63, 3.8) is 0 Å². The molecule has 39 heavy (non-hydrogen) atoms. The molecule has 0 fully saturated rings. The second-order valence-electron chi connectivity index (χ2n) is 11.1. The van der Waals surface area contributed by atoms with Gasteiger partial charge in [0.05, 0.1) is 25.0 Å². The van der Waals surface area contributed by atoms with Gasteiger partial charge in [0, 0.05) is 27.3 Å². The Morgan fingerprint density at radius 2 is 1.28 bits per heavy atom. The van der Waals surface area contributed by atoms with Crippen molar-refractivity contribution in [3.05, 3.63) is 115 Å². The zero-order valence-corrected chi connectivity index (χ0v) is 23.3. The molecule has 4 heteroatoms. The summed E-state index contributed by atoms with van der Waals surface area (Å²) in [5.41, 5.74) is 8.66. The molecule has 0 aliphatic rings. The monoisotopic (exact) mass is 520 g/mol. The third-order valence-electron chi connectivity index (χ3n) is 7.47. The minimum atomic E-state index is -1.49. The van der Waals surface area contributed by atoms with Crippen molar-refractivity contribution in [1.82, 2.24) is 9.97 Å². The highest BCUT2D eigenvalue weighted by atomic mass is 28.3. The first-order valence-electron chi connectivity index (χ1n) is 13.3. The standard InChI is InChI=1S/C35H28N2OSi/c1-39(2,3)25-17-19-32-30(21-25)29(23-11-6-4-7-12-23)22-33(36-32)28-16-10-15-26-27-18-20-31(24-13-8-5-9-14-24)37-35(27)38-34(26)28/h4-22H,1-3H3. The lowest BCUT2D eigenvalue weighted by Gasteiger charge is -2.18. The van der Waals surface area contributed by atoms with Crippen molar-refractivity contribution >= 4 is 46.2 Å². The van der Waals surface area contributed by atoms with Crippen LogP contribution < -0.4 is 5.19 Å². The SMILES string of the molecule is C[Si](C)(C)c1ccc2nc(-c3cccc4c3oc3nc(-c5ccccc5)ccc34)cc(-c3ccccc3)c2c1. The Bertz CT molecular complexity index is 1990. The molecule has 0 saturated heterocycles. The fraction of sp³-hybridized carbons (Fsp3) is 0.0857. The summed E-state index contributed by atoms with van der Waals surface area (Å²) in [5.74, 6) is 0. The molecule has 0 spiro atoms. The summed E-state index contributed by atoms with van der Waals surface area (Å²) in [7, 11) is -1.49. The van der Waals surface area contributed by atoms with Gasteiger partial charge >= 0.3 is 0 Å². The van der Waals surface area contributed by atoms with Crippen molar-refractivity contribution in [2.24, 2.45) is 0 Å². The summed E-state index contributed by atoms with van der Waals surface area (Å²) in [4.78, 5) is 10.1. The summed E-state index contributed by atoms with van der Waals surface area (Å²) in [6.45, 7) is 7.16. The van der Waals surface area contributed by atoms with Gasteiger partial charge in [-0.25, -0.2) is 9.97 Å². The van der Waals surface area contributed by atoms with Crippen LogP contribution in [0.1, 0.15) is 0 Å². The number of hydrogen-bond acceptors (Lipinski definition) is 3. The molecule has 3 aromatic heterocycles. The summed E-state index contributed by atoms with van der Waals surface area (Å²) >= 11 is 0. The Morgan fingerprint density at radius 1 is 0.538 bits per heavy atom. The van der Waals surface area contributed by atoms with Crippen LogP contribution in [0.2, 0.25) is 19.6 Å². The van der Waals surface area contributed by atoms with Gasteiger partial charge in [-0.2, -0.15) is 0 Å². The first-order chi connectivity index (χ1) is 19.0. The lowest BCUT2D eigenvalue weighted by atomic mass is 9.97. The second-order valence-corrected chi connectivity index (χ2v) is 16.2. The van der Waals surface area contributed by atoms with E-state index in [-0.39, 0.29) is 0 Å². The zero-order chi connectivity index (χ0) is 26.6. The van der Waals surface area contributed by atoms with Crippen LogP contribution in [-0.4, -0.2) is 18.0 Å². The third-order valence-corrected chi connectivity index (χ3v) is 9.51. The predicted octanol–water partition coefficient (Wildman–Crippen LogP) is 9.08. The van der Waals surface area contributed by atoms with Crippen LogP contribution in [0.4, 0.5) is 0 Å². The van der Waals surface area contributed by atoms with E-state index in [1.807, 2.05) is 18.2 Å². The first-order valence-corrected chi connectivity index (χ1v) is 16.8. The third kappa shape index (κ3) is 4.14. The Labute approximate surface area is 228 Å². The molecule has 0 aliphatic carbocycles. The summed E-state index contributed by atoms with van der Waals surface area (Å²) in [6, 6.07) is 40.3. The number of fused-ring (bicyclic) bond motifs is 4. The molecular formula is C35H28N2OSi. The molecule has 3 heterocycles. The van der Waals surface area contributed by atoms with E-state index in [0.717, 1.165) is 44.4 Å². The van der Waals surface area contributed by atoms with Gasteiger partial charge in [0.2, 0.25) is 5.71 Å². The first kappa shape index (κ1) is 23.6. The lowest BCUT2D eigenvalue weighted by molar-refractivity contribution is 0.655. The average molecular weight is 521 g/mol. The molecule has 4 aromatic carbocycles. The molecule has 0 N–H and O–H groups in total. The number of benzene rings is 4. The molecular weight excluding hydrogens is 492 g/mol. The van der Waals surface area contributed by atoms with Gasteiger partial charge in [-0.15, -0.1) is 0 Å². The van der Waals surface area contributed by atoms with Crippen molar-refractivity contribution in [1.29, 1.82) is 0 Å². The number of para-hydroxylation sites is 1. The Hall–Kier alpha value is -4.54. The van der Waals surface area contributed by atoms with Crippen molar-refractivity contribution in [2.75, 3.05) is 0 Å². The maximum atomic E-state index is 6.48. The topological polar surface area (TPSA) is 38.9 Å². The molecule has 3 nitrogen and oxygen atoms in total. The number of nitrogens with zero attached hydrogens (tertiary/aromatic N) is 2. The maximum absolute atomic E-state index is 6.48. The molecule has 0 unspecified atom stereocenters. The molecule has 188 valence electrons. The van der Waals surface area contributed by atoms with E-state index in [4.69, 9.17) is 14.4 Å². The fourth-order valence-electron chi connectivity index (χ4n) is 5.34. The smallest absolute Gasteiger partial charge is 0.227 e. The summed E-state index contributed by atoms with van der Waals surface area (Å²) in [5, 5.41) is 4.68. The van der Waals surface area contributed by atoms with Gasteiger partial charge in [0.25, 0.3) is 0 Å². The van der Waals surface area contributed by atoms with Gasteiger partial charge < -0.3 is 4.42 Å². The molecule has 0 aliphatic heterocycles. The van der Waals surface area contributed by atoms with Crippen LogP contribution in [-0.2, 0) is 0 Å². The minimum Gasteiger partial charge on any atom is -0.437 e. The van der Waals surface area contributed by atoms with Crippen LogP contribution >= 0.6 is 0 Å². The molecule has 7 rings (SSSR count). The van der Waals surface area contributed by atoms with Gasteiger partial charge in [0.1, 0.15) is 5.58 Å². The predicted molar refractivity (Wildman–Crippen MR) is 166 cm³/mol. The van der Waals surface area contributed by atoms with Gasteiger partial charge in [-0.1, -0.05) is 110 Å². The quantitative estimate of drug-likeness (QED) is 0.217. The number of pyridine rings is 2. The van der Waals surface area contributed by atoms with Crippen LogP contribution in [0.15, 0.2) is 120 Å². The second kappa shape index (κ2) is 9.04. The number of furan rings is 1. The summed E-state index contributed by atoms with van der Waals surface area (Å²) in [6.07, 6.45) is 0. The summed E-state index contributed by atoms with van der Waals surface area (Å²) < 4.78 is 6.48. The molecule has 0 atom stereocenters. The Morgan fingerprint density at radius 3 is 2.03 bits per heavy atom. The largest absolute Gasteiger partial charge is 0.437 e. The van der Waals surface area contributed by atoms with Crippen molar-refractivity contribution < 1.29 is 4.42 Å². The molecule has 7 aromatic rings. The molecule has 0 radical (unpaired) electrons. The molecule has 0 bridgehead atoms. The molecule has 0 saturated carbocycles. The fourth-order valence-corrected chi connectivity index (χ4v) is 6.50. The lowest BCUT2D eigenvalue weighted by Crippen LogP contribution is -2.37. The van der Waals surface area contributed by atoms with Gasteiger partial charge in [-0.05, 0) is 41.5 Å². The van der Waals surface area contributed by atoms with E-state index in [0.29, 0.717) is 5.71 Å². The number of rotatable bonds is 4. The van der Waals surface area contributed by atoms with Gasteiger partial charge in [-0.3, -0.25) is 0 Å². The van der Waals surface area contributed by atoms with E-state index in [2.05, 4.69) is 117 Å². The van der Waals surface area contributed by atoms with Crippen LogP contribution in [0, 0.1) is 0 Å². The van der Waals surface area contributed by atoms with E-state index >= 15 is 0 Å². The van der Waals surface area contributed by atoms with Crippen molar-refractivity contribution in [2.45, 2.75) is 19.6 Å².